The van der Waals surface area contributed by atoms with Gasteiger partial charge in [0.2, 0.25) is 5.91 Å². The van der Waals surface area contributed by atoms with Crippen molar-refractivity contribution in [1.82, 2.24) is 15.1 Å². The molecule has 1 amide bonds. The zero-order valence-electron chi connectivity index (χ0n) is 15.8. The Labute approximate surface area is 156 Å². The standard InChI is InChI=1S/C20H31N3O3/c1-25-19-7-3-2-5-17(19)15-22(16-18-6-4-14-26-18)11-8-20(24)23-12-9-21-10-13-23/h2-3,5,7,18,21H,4,6,8-16H2,1H3. The summed E-state index contributed by atoms with van der Waals surface area (Å²) in [5, 5.41) is 3.29. The Hall–Kier alpha value is -1.63. The van der Waals surface area contributed by atoms with Gasteiger partial charge in [-0.25, -0.2) is 0 Å². The lowest BCUT2D eigenvalue weighted by atomic mass is 10.1. The fourth-order valence-electron chi connectivity index (χ4n) is 3.71. The first-order valence-corrected chi connectivity index (χ1v) is 9.70. The average molecular weight is 361 g/mol. The third kappa shape index (κ3) is 5.43. The molecule has 1 unspecified atom stereocenters. The fraction of sp³-hybridized carbons (Fsp3) is 0.650. The van der Waals surface area contributed by atoms with Gasteiger partial charge in [-0.1, -0.05) is 18.2 Å². The molecule has 1 atom stereocenters. The van der Waals surface area contributed by atoms with Crippen LogP contribution in [0.15, 0.2) is 24.3 Å². The molecular weight excluding hydrogens is 330 g/mol. The molecule has 0 saturated carbocycles. The van der Waals surface area contributed by atoms with Crippen LogP contribution in [-0.2, 0) is 16.1 Å². The first-order chi connectivity index (χ1) is 12.8. The van der Waals surface area contributed by atoms with Crippen molar-refractivity contribution in [2.45, 2.75) is 31.9 Å². The second-order valence-electron chi connectivity index (χ2n) is 7.06. The molecule has 1 aromatic rings. The molecule has 144 valence electrons. The highest BCUT2D eigenvalue weighted by Crippen LogP contribution is 2.21. The number of carbonyl (C=O) groups excluding carboxylic acids is 1. The van der Waals surface area contributed by atoms with E-state index in [1.54, 1.807) is 7.11 Å². The Kier molecular flexibility index (Phi) is 7.29. The van der Waals surface area contributed by atoms with Crippen LogP contribution in [-0.4, -0.2) is 74.8 Å². The summed E-state index contributed by atoms with van der Waals surface area (Å²) in [7, 11) is 1.71. The van der Waals surface area contributed by atoms with Gasteiger partial charge in [0.15, 0.2) is 0 Å². The van der Waals surface area contributed by atoms with Crippen molar-refractivity contribution >= 4 is 5.91 Å². The van der Waals surface area contributed by atoms with Gasteiger partial charge in [0.1, 0.15) is 5.75 Å². The normalized spacial score (nSPS) is 20.5. The lowest BCUT2D eigenvalue weighted by molar-refractivity contribution is -0.132. The van der Waals surface area contributed by atoms with Gasteiger partial charge < -0.3 is 19.7 Å². The van der Waals surface area contributed by atoms with Gasteiger partial charge in [-0.3, -0.25) is 9.69 Å². The van der Waals surface area contributed by atoms with Gasteiger partial charge in [0.05, 0.1) is 13.2 Å². The van der Waals surface area contributed by atoms with E-state index >= 15 is 0 Å². The zero-order valence-corrected chi connectivity index (χ0v) is 15.8. The van der Waals surface area contributed by atoms with Gasteiger partial charge in [-0.15, -0.1) is 0 Å². The number of piperazine rings is 1. The molecule has 2 heterocycles. The Morgan fingerprint density at radius 3 is 2.88 bits per heavy atom. The number of hydrogen-bond donors (Lipinski definition) is 1. The molecule has 3 rings (SSSR count). The van der Waals surface area contributed by atoms with Crippen molar-refractivity contribution in [3.8, 4) is 5.75 Å². The van der Waals surface area contributed by atoms with Crippen molar-refractivity contribution in [1.29, 1.82) is 0 Å². The smallest absolute Gasteiger partial charge is 0.223 e. The molecule has 2 aliphatic rings. The highest BCUT2D eigenvalue weighted by molar-refractivity contribution is 5.76. The number of carbonyl (C=O) groups is 1. The molecule has 0 radical (unpaired) electrons. The van der Waals surface area contributed by atoms with Crippen molar-refractivity contribution < 1.29 is 14.3 Å². The second-order valence-corrected chi connectivity index (χ2v) is 7.06. The van der Waals surface area contributed by atoms with Crippen molar-refractivity contribution in [2.24, 2.45) is 0 Å². The highest BCUT2D eigenvalue weighted by Gasteiger charge is 2.22. The summed E-state index contributed by atoms with van der Waals surface area (Å²) in [6.07, 6.45) is 3.07. The van der Waals surface area contributed by atoms with Crippen LogP contribution < -0.4 is 10.1 Å². The Bertz CT molecular complexity index is 569. The predicted molar refractivity (Wildman–Crippen MR) is 101 cm³/mol. The molecule has 1 aromatic carbocycles. The maximum absolute atomic E-state index is 12.5. The van der Waals surface area contributed by atoms with E-state index in [9.17, 15) is 4.79 Å². The van der Waals surface area contributed by atoms with Gasteiger partial charge >= 0.3 is 0 Å². The summed E-state index contributed by atoms with van der Waals surface area (Å²) in [6.45, 7) is 6.67. The Morgan fingerprint density at radius 2 is 2.15 bits per heavy atom. The van der Waals surface area contributed by atoms with Crippen molar-refractivity contribution in [3.05, 3.63) is 29.8 Å². The molecule has 2 aliphatic heterocycles. The number of hydrogen-bond acceptors (Lipinski definition) is 5. The summed E-state index contributed by atoms with van der Waals surface area (Å²) >= 11 is 0. The van der Waals surface area contributed by atoms with E-state index in [0.29, 0.717) is 6.42 Å². The fourth-order valence-corrected chi connectivity index (χ4v) is 3.71. The van der Waals surface area contributed by atoms with Crippen molar-refractivity contribution in [3.63, 3.8) is 0 Å². The molecular formula is C20H31N3O3. The first-order valence-electron chi connectivity index (χ1n) is 9.70. The van der Waals surface area contributed by atoms with Crippen LogP contribution in [0.1, 0.15) is 24.8 Å². The SMILES string of the molecule is COc1ccccc1CN(CCC(=O)N1CCNCC1)CC1CCCO1. The number of amides is 1. The number of nitrogens with zero attached hydrogens (tertiary/aromatic N) is 2. The monoisotopic (exact) mass is 361 g/mol. The summed E-state index contributed by atoms with van der Waals surface area (Å²) in [6, 6.07) is 8.11. The minimum atomic E-state index is 0.254. The lowest BCUT2D eigenvalue weighted by Gasteiger charge is -2.30. The van der Waals surface area contributed by atoms with Gasteiger partial charge in [0, 0.05) is 64.4 Å². The zero-order chi connectivity index (χ0) is 18.2. The molecule has 6 nitrogen and oxygen atoms in total. The van der Waals surface area contributed by atoms with Gasteiger partial charge in [0.25, 0.3) is 0 Å². The number of para-hydroxylation sites is 1. The van der Waals surface area contributed by atoms with Gasteiger partial charge in [-0.2, -0.15) is 0 Å². The molecule has 26 heavy (non-hydrogen) atoms. The van der Waals surface area contributed by atoms with E-state index < -0.39 is 0 Å². The molecule has 6 heteroatoms. The van der Waals surface area contributed by atoms with E-state index in [-0.39, 0.29) is 12.0 Å². The van der Waals surface area contributed by atoms with Crippen LogP contribution in [0.2, 0.25) is 0 Å². The maximum Gasteiger partial charge on any atom is 0.223 e. The maximum atomic E-state index is 12.5. The minimum absolute atomic E-state index is 0.254. The largest absolute Gasteiger partial charge is 0.496 e. The summed E-state index contributed by atoms with van der Waals surface area (Å²) in [4.78, 5) is 16.8. The van der Waals surface area contributed by atoms with E-state index in [0.717, 1.165) is 76.6 Å². The quantitative estimate of drug-likeness (QED) is 0.760. The minimum Gasteiger partial charge on any atom is -0.496 e. The molecule has 0 spiro atoms. The first kappa shape index (κ1) is 19.1. The van der Waals surface area contributed by atoms with Crippen LogP contribution in [0.4, 0.5) is 0 Å². The van der Waals surface area contributed by atoms with Crippen LogP contribution in [0, 0.1) is 0 Å². The molecule has 2 fully saturated rings. The topological polar surface area (TPSA) is 54.0 Å². The van der Waals surface area contributed by atoms with Crippen LogP contribution >= 0.6 is 0 Å². The molecule has 1 N–H and O–H groups in total. The van der Waals surface area contributed by atoms with Crippen molar-refractivity contribution in [2.75, 3.05) is 53.0 Å². The highest BCUT2D eigenvalue weighted by atomic mass is 16.5. The van der Waals surface area contributed by atoms with E-state index in [2.05, 4.69) is 16.3 Å². The third-order valence-electron chi connectivity index (χ3n) is 5.18. The van der Waals surface area contributed by atoms with E-state index in [1.165, 1.54) is 0 Å². The van der Waals surface area contributed by atoms with E-state index in [4.69, 9.17) is 9.47 Å². The molecule has 0 aromatic heterocycles. The number of ether oxygens (including phenoxy) is 2. The lowest BCUT2D eigenvalue weighted by Crippen LogP contribution is -2.47. The summed E-state index contributed by atoms with van der Waals surface area (Å²) < 4.78 is 11.3. The number of nitrogens with one attached hydrogen (secondary N) is 1. The Balaban J connectivity index is 1.59. The third-order valence-corrected chi connectivity index (χ3v) is 5.18. The van der Waals surface area contributed by atoms with Crippen LogP contribution in [0.5, 0.6) is 5.75 Å². The molecule has 0 aliphatic carbocycles. The summed E-state index contributed by atoms with van der Waals surface area (Å²) in [5.41, 5.74) is 1.16. The van der Waals surface area contributed by atoms with E-state index in [1.807, 2.05) is 23.1 Å². The average Bonchev–Trinajstić information content (AvgIpc) is 3.20. The number of methoxy groups -OCH3 is 1. The van der Waals surface area contributed by atoms with Gasteiger partial charge in [-0.05, 0) is 18.9 Å². The predicted octanol–water partition coefficient (Wildman–Crippen LogP) is 1.50. The van der Waals surface area contributed by atoms with Crippen LogP contribution in [0.25, 0.3) is 0 Å². The summed E-state index contributed by atoms with van der Waals surface area (Å²) in [5.74, 6) is 1.15. The van der Waals surface area contributed by atoms with Crippen LogP contribution in [0.3, 0.4) is 0 Å². The Morgan fingerprint density at radius 1 is 1.35 bits per heavy atom. The molecule has 0 bridgehead atoms. The second kappa shape index (κ2) is 9.90. The number of benzene rings is 1. The number of rotatable bonds is 8. The molecule has 2 saturated heterocycles.